The molecule has 1 unspecified atom stereocenters. The number of nitrogens with zero attached hydrogens (tertiary/aromatic N) is 4. The standard InChI is InChI=1S/C22H21BrN4O4S/c1-3-31-22(29)20-18(11-32(30)14-7-5-4-6-8-14)26(2)17-9-16(23)21(28)15(19(17)20)10-27-13-24-12-25-27/h4-9,12-13,28H,3,10-11H2,1-2H3. The molecule has 2 aromatic heterocycles. The van der Waals surface area contributed by atoms with Gasteiger partial charge in [0.15, 0.2) is 10.6 Å². The first-order valence-electron chi connectivity index (χ1n) is 9.86. The Labute approximate surface area is 196 Å². The van der Waals surface area contributed by atoms with Crippen LogP contribution in [0.2, 0.25) is 0 Å². The number of phenolic OH excluding ortho intramolecular Hbond substituents is 1. The van der Waals surface area contributed by atoms with E-state index in [-0.39, 0.29) is 24.7 Å². The first-order chi connectivity index (χ1) is 15.4. The van der Waals surface area contributed by atoms with Crippen LogP contribution in [0.3, 0.4) is 0 Å². The fourth-order valence-corrected chi connectivity index (χ4v) is 5.35. The van der Waals surface area contributed by atoms with Crippen LogP contribution in [0.5, 0.6) is 5.75 Å². The van der Waals surface area contributed by atoms with E-state index in [1.54, 1.807) is 29.8 Å². The Morgan fingerprint density at radius 1 is 1.31 bits per heavy atom. The molecule has 32 heavy (non-hydrogen) atoms. The number of halogens is 1. The van der Waals surface area contributed by atoms with Crippen LogP contribution in [-0.2, 0) is 35.3 Å². The van der Waals surface area contributed by atoms with Gasteiger partial charge < -0.3 is 19.0 Å². The predicted octanol–water partition coefficient (Wildman–Crippen LogP) is 3.77. The van der Waals surface area contributed by atoms with Gasteiger partial charge >= 0.3 is 5.97 Å². The molecule has 0 aliphatic rings. The third-order valence-corrected chi connectivity index (χ3v) is 7.12. The lowest BCUT2D eigenvalue weighted by atomic mass is 10.0. The average molecular weight is 517 g/mol. The van der Waals surface area contributed by atoms with E-state index in [1.807, 2.05) is 29.8 Å². The van der Waals surface area contributed by atoms with E-state index < -0.39 is 17.1 Å². The molecule has 0 amide bonds. The van der Waals surface area contributed by atoms with Gasteiger partial charge in [-0.1, -0.05) is 18.2 Å². The number of rotatable bonds is 7. The molecule has 8 nitrogen and oxygen atoms in total. The van der Waals surface area contributed by atoms with E-state index >= 15 is 0 Å². The molecule has 0 radical (unpaired) electrons. The highest BCUT2D eigenvalue weighted by Gasteiger charge is 2.30. The van der Waals surface area contributed by atoms with Crippen molar-refractivity contribution in [3.8, 4) is 5.75 Å². The second-order valence-corrected chi connectivity index (χ2v) is 9.38. The van der Waals surface area contributed by atoms with Gasteiger partial charge in [-0.15, -0.1) is 0 Å². The topological polar surface area (TPSA) is 105 Å². The SMILES string of the molecule is CCOC(=O)c1c(C[S+]([O-])c2ccccc2)n(C)c2cc(Br)c(O)c(Cn3cncn3)c12. The normalized spacial score (nSPS) is 12.2. The van der Waals surface area contributed by atoms with E-state index in [4.69, 9.17) is 4.74 Å². The van der Waals surface area contributed by atoms with Crippen LogP contribution < -0.4 is 0 Å². The Bertz CT molecular complexity index is 1260. The zero-order valence-corrected chi connectivity index (χ0v) is 19.9. The van der Waals surface area contributed by atoms with E-state index in [2.05, 4.69) is 26.0 Å². The molecule has 2 aromatic carbocycles. The molecule has 0 spiro atoms. The van der Waals surface area contributed by atoms with Crippen molar-refractivity contribution in [2.45, 2.75) is 24.1 Å². The molecule has 0 saturated carbocycles. The monoisotopic (exact) mass is 516 g/mol. The van der Waals surface area contributed by atoms with Gasteiger partial charge in [0.2, 0.25) is 0 Å². The highest BCUT2D eigenvalue weighted by Crippen LogP contribution is 2.40. The molecule has 4 aromatic rings. The number of esters is 1. The number of ether oxygens (including phenoxy) is 1. The van der Waals surface area contributed by atoms with Crippen molar-refractivity contribution in [3.63, 3.8) is 0 Å². The second-order valence-electron chi connectivity index (χ2n) is 7.08. The summed E-state index contributed by atoms with van der Waals surface area (Å²) >= 11 is 2.03. The molecule has 4 rings (SSSR count). The Morgan fingerprint density at radius 3 is 2.72 bits per heavy atom. The molecule has 1 atom stereocenters. The molecule has 0 saturated heterocycles. The van der Waals surface area contributed by atoms with Crippen molar-refractivity contribution in [1.29, 1.82) is 0 Å². The van der Waals surface area contributed by atoms with Crippen molar-refractivity contribution in [2.24, 2.45) is 7.05 Å². The lowest BCUT2D eigenvalue weighted by molar-refractivity contribution is 0.0527. The zero-order chi connectivity index (χ0) is 22.8. The summed E-state index contributed by atoms with van der Waals surface area (Å²) < 4.78 is 22.3. The summed E-state index contributed by atoms with van der Waals surface area (Å²) in [6, 6.07) is 10.8. The van der Waals surface area contributed by atoms with Crippen LogP contribution in [0.4, 0.5) is 0 Å². The maximum Gasteiger partial charge on any atom is 0.340 e. The summed E-state index contributed by atoms with van der Waals surface area (Å²) in [4.78, 5) is 17.7. The van der Waals surface area contributed by atoms with E-state index in [9.17, 15) is 14.5 Å². The number of hydrogen-bond acceptors (Lipinski definition) is 6. The lowest BCUT2D eigenvalue weighted by Gasteiger charge is -2.13. The first-order valence-corrected chi connectivity index (χ1v) is 12.0. The van der Waals surface area contributed by atoms with Gasteiger partial charge in [0.05, 0.1) is 34.4 Å². The number of fused-ring (bicyclic) bond motifs is 1. The van der Waals surface area contributed by atoms with Crippen LogP contribution in [0.25, 0.3) is 10.9 Å². The molecule has 0 fully saturated rings. The molecular weight excluding hydrogens is 496 g/mol. The van der Waals surface area contributed by atoms with Crippen LogP contribution in [0, 0.1) is 0 Å². The minimum Gasteiger partial charge on any atom is -0.611 e. The molecule has 2 heterocycles. The van der Waals surface area contributed by atoms with Gasteiger partial charge in [0.25, 0.3) is 0 Å². The van der Waals surface area contributed by atoms with Crippen molar-refractivity contribution in [1.82, 2.24) is 19.3 Å². The predicted molar refractivity (Wildman–Crippen MR) is 124 cm³/mol. The highest BCUT2D eigenvalue weighted by molar-refractivity contribution is 9.10. The summed E-state index contributed by atoms with van der Waals surface area (Å²) in [5.41, 5.74) is 2.06. The quantitative estimate of drug-likeness (QED) is 0.296. The number of hydrogen-bond donors (Lipinski definition) is 1. The first kappa shape index (κ1) is 22.4. The van der Waals surface area contributed by atoms with Crippen LogP contribution in [-0.4, -0.2) is 41.6 Å². The number of carbonyl (C=O) groups is 1. The van der Waals surface area contributed by atoms with Crippen molar-refractivity contribution >= 4 is 44.0 Å². The summed E-state index contributed by atoms with van der Waals surface area (Å²) in [6.07, 6.45) is 2.93. The van der Waals surface area contributed by atoms with Gasteiger partial charge in [-0.25, -0.2) is 14.5 Å². The van der Waals surface area contributed by atoms with Gasteiger partial charge in [-0.3, -0.25) is 0 Å². The number of aromatic nitrogens is 4. The third kappa shape index (κ3) is 4.13. The Morgan fingerprint density at radius 2 is 2.06 bits per heavy atom. The second kappa shape index (κ2) is 9.35. The number of phenols is 1. The molecular formula is C22H21BrN4O4S. The molecule has 0 bridgehead atoms. The zero-order valence-electron chi connectivity index (χ0n) is 17.5. The van der Waals surface area contributed by atoms with Gasteiger partial charge in [-0.05, 0) is 52.2 Å². The van der Waals surface area contributed by atoms with Crippen molar-refractivity contribution in [2.75, 3.05) is 6.61 Å². The number of aromatic hydroxyl groups is 1. The summed E-state index contributed by atoms with van der Waals surface area (Å²) in [5, 5.41) is 15.5. The summed E-state index contributed by atoms with van der Waals surface area (Å²) in [7, 11) is 1.81. The van der Waals surface area contributed by atoms with E-state index in [0.29, 0.717) is 37.1 Å². The Hall–Kier alpha value is -2.82. The maximum atomic E-state index is 13.1. The van der Waals surface area contributed by atoms with Crippen molar-refractivity contribution < 1.29 is 19.2 Å². The maximum absolute atomic E-state index is 13.1. The van der Waals surface area contributed by atoms with Gasteiger partial charge in [0.1, 0.15) is 18.4 Å². The molecule has 0 aliphatic heterocycles. The van der Waals surface area contributed by atoms with Crippen LogP contribution in [0.1, 0.15) is 28.5 Å². The molecule has 0 aliphatic carbocycles. The Kier molecular flexibility index (Phi) is 6.54. The summed E-state index contributed by atoms with van der Waals surface area (Å²) in [6.45, 7) is 2.12. The number of aryl methyl sites for hydroxylation is 1. The van der Waals surface area contributed by atoms with Gasteiger partial charge in [-0.2, -0.15) is 5.10 Å². The summed E-state index contributed by atoms with van der Waals surface area (Å²) in [5.74, 6) is -0.413. The van der Waals surface area contributed by atoms with E-state index in [1.165, 1.54) is 12.7 Å². The minimum atomic E-state index is -1.38. The fraction of sp³-hybridized carbons (Fsp3) is 0.227. The molecule has 10 heteroatoms. The third-order valence-electron chi connectivity index (χ3n) is 5.18. The smallest absolute Gasteiger partial charge is 0.340 e. The largest absolute Gasteiger partial charge is 0.611 e. The fourth-order valence-electron chi connectivity index (χ4n) is 3.68. The van der Waals surface area contributed by atoms with Crippen LogP contribution >= 0.6 is 15.9 Å². The molecule has 1 N–H and O–H groups in total. The van der Waals surface area contributed by atoms with E-state index in [0.717, 1.165) is 0 Å². The average Bonchev–Trinajstić information content (AvgIpc) is 3.39. The van der Waals surface area contributed by atoms with Crippen molar-refractivity contribution in [3.05, 3.63) is 70.3 Å². The van der Waals surface area contributed by atoms with Gasteiger partial charge in [0, 0.05) is 18.0 Å². The Balaban J connectivity index is 1.94. The number of carbonyl (C=O) groups excluding carboxylic acids is 1. The number of benzene rings is 2. The lowest BCUT2D eigenvalue weighted by Crippen LogP contribution is -2.14. The molecule has 166 valence electrons. The minimum absolute atomic E-state index is 0.000111. The highest BCUT2D eigenvalue weighted by atomic mass is 79.9. The van der Waals surface area contributed by atoms with Crippen LogP contribution in [0.15, 0.2) is 58.4 Å².